The van der Waals surface area contributed by atoms with Gasteiger partial charge in [-0.25, -0.2) is 8.42 Å². The second kappa shape index (κ2) is 13.8. The number of halogens is 1. The lowest BCUT2D eigenvalue weighted by molar-refractivity contribution is -0.140. The van der Waals surface area contributed by atoms with Crippen molar-refractivity contribution in [1.29, 1.82) is 0 Å². The van der Waals surface area contributed by atoms with Crippen LogP contribution in [0.3, 0.4) is 0 Å². The van der Waals surface area contributed by atoms with Gasteiger partial charge < -0.3 is 10.2 Å². The summed E-state index contributed by atoms with van der Waals surface area (Å²) in [5.74, 6) is -0.763. The molecule has 40 heavy (non-hydrogen) atoms. The highest BCUT2D eigenvalue weighted by Gasteiger charge is 2.34. The minimum atomic E-state index is -4.15. The Morgan fingerprint density at radius 2 is 1.62 bits per heavy atom. The van der Waals surface area contributed by atoms with Crippen LogP contribution in [-0.2, 0) is 26.2 Å². The zero-order chi connectivity index (χ0) is 29.4. The van der Waals surface area contributed by atoms with E-state index in [1.807, 2.05) is 52.0 Å². The highest BCUT2D eigenvalue weighted by molar-refractivity contribution is 7.92. The standard InChI is InChI=1S/C31H38ClN3O4S/c1-6-24(5)33-31(37)28(7-2)34(20-25-13-11-12-22(3)18-25)30(36)21-35(29-19-26(32)17-16-23(29)4)40(38,39)27-14-9-8-10-15-27/h8-19,24,28H,6-7,20-21H2,1-5H3,(H,33,37)/t24-,28+/m1/s1. The van der Waals surface area contributed by atoms with E-state index in [1.54, 1.807) is 43.3 Å². The molecule has 0 saturated carbocycles. The van der Waals surface area contributed by atoms with Gasteiger partial charge in [0.2, 0.25) is 11.8 Å². The Labute approximate surface area is 243 Å². The van der Waals surface area contributed by atoms with Gasteiger partial charge in [0.1, 0.15) is 12.6 Å². The van der Waals surface area contributed by atoms with E-state index in [2.05, 4.69) is 5.32 Å². The summed E-state index contributed by atoms with van der Waals surface area (Å²) in [7, 11) is -4.15. The summed E-state index contributed by atoms with van der Waals surface area (Å²) in [5.41, 5.74) is 2.81. The smallest absolute Gasteiger partial charge is 0.264 e. The number of nitrogens with one attached hydrogen (secondary N) is 1. The normalized spacial score (nSPS) is 12.8. The monoisotopic (exact) mass is 583 g/mol. The molecular weight excluding hydrogens is 546 g/mol. The molecule has 0 fully saturated rings. The topological polar surface area (TPSA) is 86.8 Å². The number of amides is 2. The number of nitrogens with zero attached hydrogens (tertiary/aromatic N) is 2. The van der Waals surface area contributed by atoms with Crippen LogP contribution in [-0.4, -0.2) is 43.8 Å². The van der Waals surface area contributed by atoms with Gasteiger partial charge in [0.25, 0.3) is 10.0 Å². The molecule has 3 rings (SSSR count). The lowest BCUT2D eigenvalue weighted by Gasteiger charge is -2.34. The van der Waals surface area contributed by atoms with Crippen LogP contribution >= 0.6 is 11.6 Å². The van der Waals surface area contributed by atoms with E-state index in [9.17, 15) is 18.0 Å². The Morgan fingerprint density at radius 3 is 2.25 bits per heavy atom. The van der Waals surface area contributed by atoms with Crippen molar-refractivity contribution in [3.05, 3.63) is 94.5 Å². The molecule has 0 aliphatic heterocycles. The van der Waals surface area contributed by atoms with Gasteiger partial charge in [0.15, 0.2) is 0 Å². The molecule has 0 radical (unpaired) electrons. The number of sulfonamides is 1. The maximum atomic E-state index is 14.2. The van der Waals surface area contributed by atoms with Gasteiger partial charge in [-0.05, 0) is 69.0 Å². The fraction of sp³-hybridized carbons (Fsp3) is 0.355. The zero-order valence-electron chi connectivity index (χ0n) is 23.7. The highest BCUT2D eigenvalue weighted by atomic mass is 35.5. The Bertz CT molecular complexity index is 1430. The van der Waals surface area contributed by atoms with Crippen LogP contribution in [0.4, 0.5) is 5.69 Å². The highest BCUT2D eigenvalue weighted by Crippen LogP contribution is 2.30. The van der Waals surface area contributed by atoms with Crippen molar-refractivity contribution >= 4 is 39.1 Å². The molecule has 7 nitrogen and oxygen atoms in total. The van der Waals surface area contributed by atoms with Crippen LogP contribution in [0.15, 0.2) is 77.7 Å². The van der Waals surface area contributed by atoms with E-state index in [0.717, 1.165) is 21.9 Å². The van der Waals surface area contributed by atoms with Crippen molar-refractivity contribution in [2.24, 2.45) is 0 Å². The first-order valence-corrected chi connectivity index (χ1v) is 15.3. The zero-order valence-corrected chi connectivity index (χ0v) is 25.3. The molecule has 2 amide bonds. The molecule has 0 unspecified atom stereocenters. The third-order valence-electron chi connectivity index (χ3n) is 6.87. The van der Waals surface area contributed by atoms with Gasteiger partial charge in [0, 0.05) is 17.6 Å². The summed E-state index contributed by atoms with van der Waals surface area (Å²) in [6, 6.07) is 19.8. The number of aryl methyl sites for hydroxylation is 2. The van der Waals surface area contributed by atoms with Crippen LogP contribution in [0, 0.1) is 13.8 Å². The van der Waals surface area contributed by atoms with Crippen molar-refractivity contribution in [2.75, 3.05) is 10.8 Å². The van der Waals surface area contributed by atoms with Gasteiger partial charge in [0.05, 0.1) is 10.6 Å². The first-order chi connectivity index (χ1) is 19.0. The number of carbonyl (C=O) groups excluding carboxylic acids is 2. The minimum absolute atomic E-state index is 0.0500. The predicted molar refractivity (Wildman–Crippen MR) is 161 cm³/mol. The van der Waals surface area contributed by atoms with Crippen molar-refractivity contribution in [3.8, 4) is 0 Å². The number of carbonyl (C=O) groups is 2. The summed E-state index contributed by atoms with van der Waals surface area (Å²) < 4.78 is 29.0. The maximum Gasteiger partial charge on any atom is 0.264 e. The third-order valence-corrected chi connectivity index (χ3v) is 8.88. The van der Waals surface area contributed by atoms with Crippen LogP contribution in [0.2, 0.25) is 5.02 Å². The second-order valence-corrected chi connectivity index (χ2v) is 12.3. The van der Waals surface area contributed by atoms with E-state index < -0.39 is 28.5 Å². The summed E-state index contributed by atoms with van der Waals surface area (Å²) in [6.45, 7) is 9.10. The largest absolute Gasteiger partial charge is 0.352 e. The first-order valence-electron chi connectivity index (χ1n) is 13.5. The SMILES string of the molecule is CC[C@@H](C)NC(=O)[C@H](CC)N(Cc1cccc(C)c1)C(=O)CN(c1cc(Cl)ccc1C)S(=O)(=O)c1ccccc1. The van der Waals surface area contributed by atoms with Gasteiger partial charge in [-0.3, -0.25) is 13.9 Å². The minimum Gasteiger partial charge on any atom is -0.352 e. The Hall–Kier alpha value is -3.36. The van der Waals surface area contributed by atoms with Crippen molar-refractivity contribution in [2.45, 2.75) is 71.0 Å². The second-order valence-electron chi connectivity index (χ2n) is 10.0. The number of hydrogen-bond donors (Lipinski definition) is 1. The first kappa shape index (κ1) is 31.2. The fourth-order valence-electron chi connectivity index (χ4n) is 4.45. The lowest BCUT2D eigenvalue weighted by Crippen LogP contribution is -2.53. The molecule has 1 N–H and O–H groups in total. The average Bonchev–Trinajstić information content (AvgIpc) is 2.93. The van der Waals surface area contributed by atoms with Crippen molar-refractivity contribution < 1.29 is 18.0 Å². The van der Waals surface area contributed by atoms with E-state index in [0.29, 0.717) is 22.7 Å². The number of anilines is 1. The Morgan fingerprint density at radius 1 is 0.925 bits per heavy atom. The maximum absolute atomic E-state index is 14.2. The molecule has 3 aromatic carbocycles. The lowest BCUT2D eigenvalue weighted by atomic mass is 10.1. The molecule has 0 aliphatic carbocycles. The summed E-state index contributed by atoms with van der Waals surface area (Å²) in [5, 5.41) is 3.33. The van der Waals surface area contributed by atoms with Gasteiger partial charge in [-0.15, -0.1) is 0 Å². The quantitative estimate of drug-likeness (QED) is 0.289. The predicted octanol–water partition coefficient (Wildman–Crippen LogP) is 5.87. The molecule has 214 valence electrons. The molecule has 9 heteroatoms. The van der Waals surface area contributed by atoms with Gasteiger partial charge >= 0.3 is 0 Å². The molecule has 2 atom stereocenters. The van der Waals surface area contributed by atoms with Gasteiger partial charge in [-0.1, -0.05) is 79.5 Å². The van der Waals surface area contributed by atoms with Crippen LogP contribution < -0.4 is 9.62 Å². The van der Waals surface area contributed by atoms with Crippen molar-refractivity contribution in [1.82, 2.24) is 10.2 Å². The van der Waals surface area contributed by atoms with Crippen LogP contribution in [0.1, 0.15) is 50.3 Å². The average molecular weight is 584 g/mol. The Balaban J connectivity index is 2.09. The fourth-order valence-corrected chi connectivity index (χ4v) is 6.11. The number of benzene rings is 3. The van der Waals surface area contributed by atoms with Gasteiger partial charge in [-0.2, -0.15) is 0 Å². The van der Waals surface area contributed by atoms with Crippen LogP contribution in [0.25, 0.3) is 0 Å². The molecule has 0 aromatic heterocycles. The number of rotatable bonds is 12. The Kier molecular flexibility index (Phi) is 10.8. The molecular formula is C31H38ClN3O4S. The van der Waals surface area contributed by atoms with Crippen molar-refractivity contribution in [3.63, 3.8) is 0 Å². The molecule has 0 heterocycles. The number of hydrogen-bond acceptors (Lipinski definition) is 4. The summed E-state index contributed by atoms with van der Waals surface area (Å²) in [4.78, 5) is 29.1. The summed E-state index contributed by atoms with van der Waals surface area (Å²) in [6.07, 6.45) is 1.10. The molecule has 0 spiro atoms. The molecule has 0 bridgehead atoms. The summed E-state index contributed by atoms with van der Waals surface area (Å²) >= 11 is 6.29. The molecule has 0 saturated heterocycles. The molecule has 0 aliphatic rings. The third kappa shape index (κ3) is 7.64. The van der Waals surface area contributed by atoms with E-state index >= 15 is 0 Å². The van der Waals surface area contributed by atoms with E-state index in [-0.39, 0.29) is 23.4 Å². The van der Waals surface area contributed by atoms with E-state index in [4.69, 9.17) is 11.6 Å². The van der Waals surface area contributed by atoms with E-state index in [1.165, 1.54) is 17.0 Å². The molecule has 3 aromatic rings. The van der Waals surface area contributed by atoms with Crippen LogP contribution in [0.5, 0.6) is 0 Å².